The van der Waals surface area contributed by atoms with Gasteiger partial charge < -0.3 is 5.32 Å². The van der Waals surface area contributed by atoms with Gasteiger partial charge in [-0.05, 0) is 24.1 Å². The first-order valence-corrected chi connectivity index (χ1v) is 8.40. The van der Waals surface area contributed by atoms with Gasteiger partial charge in [-0.25, -0.2) is 8.42 Å². The molecular weight excluding hydrogens is 293 g/mol. The van der Waals surface area contributed by atoms with Gasteiger partial charge in [0.2, 0.25) is 0 Å². The van der Waals surface area contributed by atoms with E-state index in [1.807, 2.05) is 6.92 Å². The lowest BCUT2D eigenvalue weighted by atomic mass is 10.1. The molecule has 2 atom stereocenters. The molecule has 0 aromatic heterocycles. The van der Waals surface area contributed by atoms with Crippen molar-refractivity contribution in [2.24, 2.45) is 0 Å². The maximum absolute atomic E-state index is 11.9. The number of halogens is 2. The van der Waals surface area contributed by atoms with E-state index >= 15 is 0 Å². The monoisotopic (exact) mass is 307 g/mol. The molecule has 3 nitrogen and oxygen atoms in total. The number of hydrogen-bond donors (Lipinski definition) is 1. The molecule has 18 heavy (non-hydrogen) atoms. The lowest BCUT2D eigenvalue weighted by Gasteiger charge is -2.31. The van der Waals surface area contributed by atoms with Crippen LogP contribution in [0.25, 0.3) is 0 Å². The SMILES string of the molecule is CCC1CS(=O)(=O)CC(c2ccc(Cl)cc2Cl)N1. The van der Waals surface area contributed by atoms with E-state index in [-0.39, 0.29) is 23.6 Å². The van der Waals surface area contributed by atoms with Crippen molar-refractivity contribution in [1.82, 2.24) is 5.32 Å². The number of nitrogens with one attached hydrogen (secondary N) is 1. The molecule has 1 fully saturated rings. The van der Waals surface area contributed by atoms with E-state index in [0.717, 1.165) is 12.0 Å². The maximum Gasteiger partial charge on any atom is 0.153 e. The Morgan fingerprint density at radius 3 is 2.67 bits per heavy atom. The molecule has 0 saturated carbocycles. The first kappa shape index (κ1) is 14.1. The summed E-state index contributed by atoms with van der Waals surface area (Å²) in [6.45, 7) is 1.97. The van der Waals surface area contributed by atoms with Gasteiger partial charge in [-0.1, -0.05) is 36.2 Å². The zero-order valence-corrected chi connectivity index (χ0v) is 12.3. The van der Waals surface area contributed by atoms with E-state index in [0.29, 0.717) is 10.0 Å². The predicted molar refractivity (Wildman–Crippen MR) is 75.1 cm³/mol. The van der Waals surface area contributed by atoms with Gasteiger partial charge in [0.15, 0.2) is 9.84 Å². The standard InChI is InChI=1S/C12H15Cl2NO2S/c1-2-9-6-18(16,17)7-12(15-9)10-4-3-8(13)5-11(10)14/h3-5,9,12,15H,2,6-7H2,1H3. The Labute approximate surface area is 117 Å². The van der Waals surface area contributed by atoms with Crippen LogP contribution in [0.5, 0.6) is 0 Å². The van der Waals surface area contributed by atoms with Crippen LogP contribution >= 0.6 is 23.2 Å². The summed E-state index contributed by atoms with van der Waals surface area (Å²) in [5.74, 6) is 0.288. The van der Waals surface area contributed by atoms with Crippen LogP contribution < -0.4 is 5.32 Å². The van der Waals surface area contributed by atoms with Crippen molar-refractivity contribution in [3.63, 3.8) is 0 Å². The van der Waals surface area contributed by atoms with Gasteiger partial charge in [-0.15, -0.1) is 0 Å². The third-order valence-electron chi connectivity index (χ3n) is 3.14. The molecular formula is C12H15Cl2NO2S. The van der Waals surface area contributed by atoms with Crippen molar-refractivity contribution in [2.75, 3.05) is 11.5 Å². The van der Waals surface area contributed by atoms with E-state index in [1.54, 1.807) is 18.2 Å². The molecule has 1 saturated heterocycles. The second-order valence-electron chi connectivity index (χ2n) is 4.57. The summed E-state index contributed by atoms with van der Waals surface area (Å²) < 4.78 is 23.7. The fourth-order valence-corrected chi connectivity index (χ4v) is 4.61. The highest BCUT2D eigenvalue weighted by Crippen LogP contribution is 2.29. The molecule has 0 amide bonds. The van der Waals surface area contributed by atoms with Crippen LogP contribution in [0.15, 0.2) is 18.2 Å². The first-order chi connectivity index (χ1) is 8.41. The Balaban J connectivity index is 2.32. The Kier molecular flexibility index (Phi) is 4.22. The van der Waals surface area contributed by atoms with Crippen molar-refractivity contribution >= 4 is 33.0 Å². The van der Waals surface area contributed by atoms with Gasteiger partial charge in [-0.2, -0.15) is 0 Å². The van der Waals surface area contributed by atoms with Crippen LogP contribution in [-0.2, 0) is 9.84 Å². The second-order valence-corrected chi connectivity index (χ2v) is 7.56. The minimum Gasteiger partial charge on any atom is -0.305 e. The Hall–Kier alpha value is -0.290. The Bertz CT molecular complexity index is 545. The minimum atomic E-state index is -3.02. The zero-order chi connectivity index (χ0) is 13.3. The smallest absolute Gasteiger partial charge is 0.153 e. The highest BCUT2D eigenvalue weighted by molar-refractivity contribution is 7.91. The molecule has 1 aliphatic rings. The molecule has 0 spiro atoms. The quantitative estimate of drug-likeness (QED) is 0.914. The zero-order valence-electron chi connectivity index (χ0n) is 9.99. The summed E-state index contributed by atoms with van der Waals surface area (Å²) in [4.78, 5) is 0. The number of hydrogen-bond acceptors (Lipinski definition) is 3. The summed E-state index contributed by atoms with van der Waals surface area (Å²) in [6.07, 6.45) is 0.779. The van der Waals surface area contributed by atoms with Gasteiger partial charge in [0.1, 0.15) is 0 Å². The summed E-state index contributed by atoms with van der Waals surface area (Å²) >= 11 is 12.0. The first-order valence-electron chi connectivity index (χ1n) is 5.82. The van der Waals surface area contributed by atoms with Crippen LogP contribution in [0.2, 0.25) is 10.0 Å². The number of rotatable bonds is 2. The molecule has 1 N–H and O–H groups in total. The van der Waals surface area contributed by atoms with Crippen molar-refractivity contribution in [3.05, 3.63) is 33.8 Å². The van der Waals surface area contributed by atoms with E-state index in [2.05, 4.69) is 5.32 Å². The highest BCUT2D eigenvalue weighted by atomic mass is 35.5. The van der Waals surface area contributed by atoms with Crippen molar-refractivity contribution < 1.29 is 8.42 Å². The summed E-state index contributed by atoms with van der Waals surface area (Å²) in [6, 6.07) is 4.89. The van der Waals surface area contributed by atoms with Crippen LogP contribution in [-0.4, -0.2) is 26.0 Å². The van der Waals surface area contributed by atoms with Gasteiger partial charge in [0.25, 0.3) is 0 Å². The molecule has 0 aliphatic carbocycles. The molecule has 1 aliphatic heterocycles. The van der Waals surface area contributed by atoms with Gasteiger partial charge in [-0.3, -0.25) is 0 Å². The fraction of sp³-hybridized carbons (Fsp3) is 0.500. The third-order valence-corrected chi connectivity index (χ3v) is 5.46. The summed E-state index contributed by atoms with van der Waals surface area (Å²) in [5.41, 5.74) is 0.794. The van der Waals surface area contributed by atoms with E-state index < -0.39 is 9.84 Å². The minimum absolute atomic E-state index is 0.0134. The molecule has 0 radical (unpaired) electrons. The normalized spacial score (nSPS) is 27.1. The van der Waals surface area contributed by atoms with Crippen LogP contribution in [0.4, 0.5) is 0 Å². The molecule has 2 rings (SSSR count). The summed E-state index contributed by atoms with van der Waals surface area (Å²) in [5, 5.41) is 4.39. The lowest BCUT2D eigenvalue weighted by molar-refractivity contribution is 0.440. The van der Waals surface area contributed by atoms with Crippen LogP contribution in [0, 0.1) is 0 Å². The van der Waals surface area contributed by atoms with E-state index in [1.165, 1.54) is 0 Å². The van der Waals surface area contributed by atoms with Gasteiger partial charge in [0.05, 0.1) is 11.5 Å². The average Bonchev–Trinajstić information content (AvgIpc) is 2.26. The average molecular weight is 308 g/mol. The van der Waals surface area contributed by atoms with Gasteiger partial charge in [0, 0.05) is 22.1 Å². The molecule has 1 aromatic rings. The fourth-order valence-electron chi connectivity index (χ4n) is 2.21. The Morgan fingerprint density at radius 1 is 1.33 bits per heavy atom. The molecule has 2 unspecified atom stereocenters. The number of sulfone groups is 1. The predicted octanol–water partition coefficient (Wildman–Crippen LogP) is 2.83. The largest absolute Gasteiger partial charge is 0.305 e. The van der Waals surface area contributed by atoms with Crippen LogP contribution in [0.3, 0.4) is 0 Å². The van der Waals surface area contributed by atoms with E-state index in [9.17, 15) is 8.42 Å². The van der Waals surface area contributed by atoms with Crippen molar-refractivity contribution in [3.8, 4) is 0 Å². The van der Waals surface area contributed by atoms with Crippen LogP contribution in [0.1, 0.15) is 24.9 Å². The molecule has 1 heterocycles. The molecule has 0 bridgehead atoms. The Morgan fingerprint density at radius 2 is 2.06 bits per heavy atom. The molecule has 6 heteroatoms. The molecule has 1 aromatic carbocycles. The van der Waals surface area contributed by atoms with E-state index in [4.69, 9.17) is 23.2 Å². The number of benzene rings is 1. The summed E-state index contributed by atoms with van der Waals surface area (Å²) in [7, 11) is -3.02. The highest BCUT2D eigenvalue weighted by Gasteiger charge is 2.31. The third kappa shape index (κ3) is 3.18. The molecule has 100 valence electrons. The maximum atomic E-state index is 11.9. The second kappa shape index (κ2) is 5.37. The topological polar surface area (TPSA) is 46.2 Å². The lowest BCUT2D eigenvalue weighted by Crippen LogP contribution is -2.46. The van der Waals surface area contributed by atoms with Gasteiger partial charge >= 0.3 is 0 Å². The van der Waals surface area contributed by atoms with Crippen molar-refractivity contribution in [2.45, 2.75) is 25.4 Å². The van der Waals surface area contributed by atoms with Crippen molar-refractivity contribution in [1.29, 1.82) is 0 Å².